The summed E-state index contributed by atoms with van der Waals surface area (Å²) < 4.78 is 1.67. The molecule has 1 heterocycles. The van der Waals surface area contributed by atoms with Crippen molar-refractivity contribution in [2.75, 3.05) is 5.32 Å². The molecule has 1 aromatic heterocycles. The lowest BCUT2D eigenvalue weighted by Gasteiger charge is -2.21. The molecule has 0 amide bonds. The van der Waals surface area contributed by atoms with Crippen molar-refractivity contribution in [2.45, 2.75) is 51.1 Å². The van der Waals surface area contributed by atoms with Crippen LogP contribution >= 0.6 is 0 Å². The van der Waals surface area contributed by atoms with Gasteiger partial charge in [-0.3, -0.25) is 4.79 Å². The number of anilines is 1. The molecule has 4 nitrogen and oxygen atoms in total. The molecule has 19 heavy (non-hydrogen) atoms. The van der Waals surface area contributed by atoms with Crippen LogP contribution in [0.1, 0.15) is 38.5 Å². The molecule has 4 rings (SSSR count). The first kappa shape index (κ1) is 11.5. The maximum atomic E-state index is 12.1. The minimum atomic E-state index is 0.0495. The van der Waals surface area contributed by atoms with Crippen molar-refractivity contribution in [3.8, 4) is 0 Å². The first-order chi connectivity index (χ1) is 9.28. The summed E-state index contributed by atoms with van der Waals surface area (Å²) in [7, 11) is 0. The molecule has 1 aromatic rings. The van der Waals surface area contributed by atoms with Gasteiger partial charge in [-0.05, 0) is 49.9 Å². The fourth-order valence-electron chi connectivity index (χ4n) is 3.94. The Bertz CT molecular complexity index is 534. The summed E-state index contributed by atoms with van der Waals surface area (Å²) in [5, 5.41) is 7.68. The molecule has 3 aliphatic rings. The Morgan fingerprint density at radius 2 is 2.16 bits per heavy atom. The minimum Gasteiger partial charge on any atom is -0.381 e. The van der Waals surface area contributed by atoms with Gasteiger partial charge in [-0.2, -0.15) is 5.10 Å². The Morgan fingerprint density at radius 3 is 2.79 bits per heavy atom. The second-order valence-corrected chi connectivity index (χ2v) is 6.62. The fourth-order valence-corrected chi connectivity index (χ4v) is 3.94. The molecule has 3 fully saturated rings. The van der Waals surface area contributed by atoms with E-state index in [2.05, 4.69) is 10.4 Å². The van der Waals surface area contributed by atoms with Crippen LogP contribution in [0.2, 0.25) is 0 Å². The van der Waals surface area contributed by atoms with E-state index in [-0.39, 0.29) is 5.56 Å². The third-order valence-electron chi connectivity index (χ3n) is 5.11. The maximum absolute atomic E-state index is 12.1. The van der Waals surface area contributed by atoms with Crippen LogP contribution in [0.4, 0.5) is 5.69 Å². The summed E-state index contributed by atoms with van der Waals surface area (Å²) in [6.07, 6.45) is 9.72. The first-order valence-corrected chi connectivity index (χ1v) is 7.61. The maximum Gasteiger partial charge on any atom is 0.268 e. The van der Waals surface area contributed by atoms with Gasteiger partial charge in [0.05, 0.1) is 11.9 Å². The van der Waals surface area contributed by atoms with Crippen molar-refractivity contribution in [1.82, 2.24) is 9.78 Å². The summed E-state index contributed by atoms with van der Waals surface area (Å²) in [6, 6.07) is 2.28. The number of nitrogens with zero attached hydrogens (tertiary/aromatic N) is 2. The Kier molecular flexibility index (Phi) is 2.64. The van der Waals surface area contributed by atoms with E-state index in [1.165, 1.54) is 38.5 Å². The van der Waals surface area contributed by atoms with E-state index < -0.39 is 0 Å². The third kappa shape index (κ3) is 2.28. The monoisotopic (exact) mass is 259 g/mol. The summed E-state index contributed by atoms with van der Waals surface area (Å²) in [5.74, 6) is 2.47. The van der Waals surface area contributed by atoms with Crippen LogP contribution in [-0.4, -0.2) is 15.8 Å². The Morgan fingerprint density at radius 1 is 1.26 bits per heavy atom. The number of hydrogen-bond donors (Lipinski definition) is 1. The predicted octanol–water partition coefficient (Wildman–Crippen LogP) is 2.25. The highest BCUT2D eigenvalue weighted by Gasteiger charge is 2.39. The minimum absolute atomic E-state index is 0.0495. The molecule has 0 aliphatic heterocycles. The van der Waals surface area contributed by atoms with Gasteiger partial charge in [0.15, 0.2) is 0 Å². The van der Waals surface area contributed by atoms with Gasteiger partial charge in [-0.15, -0.1) is 0 Å². The molecule has 0 spiro atoms. The summed E-state index contributed by atoms with van der Waals surface area (Å²) in [5.41, 5.74) is 0.935. The molecular formula is C15H21N3O. The van der Waals surface area contributed by atoms with Gasteiger partial charge >= 0.3 is 0 Å². The molecule has 0 saturated heterocycles. The zero-order valence-electron chi connectivity index (χ0n) is 11.2. The zero-order chi connectivity index (χ0) is 12.8. The van der Waals surface area contributed by atoms with E-state index in [0.717, 1.165) is 24.1 Å². The average molecular weight is 259 g/mol. The number of aromatic nitrogens is 2. The van der Waals surface area contributed by atoms with Crippen LogP contribution in [-0.2, 0) is 6.54 Å². The highest BCUT2D eigenvalue weighted by atomic mass is 16.1. The topological polar surface area (TPSA) is 46.9 Å². The zero-order valence-corrected chi connectivity index (χ0v) is 11.2. The number of rotatable bonds is 4. The molecule has 2 bridgehead atoms. The van der Waals surface area contributed by atoms with Gasteiger partial charge in [-0.25, -0.2) is 4.68 Å². The van der Waals surface area contributed by atoms with Gasteiger partial charge < -0.3 is 5.32 Å². The summed E-state index contributed by atoms with van der Waals surface area (Å²) in [4.78, 5) is 12.1. The van der Waals surface area contributed by atoms with E-state index in [4.69, 9.17) is 0 Å². The lowest BCUT2D eigenvalue weighted by atomic mass is 9.89. The summed E-state index contributed by atoms with van der Waals surface area (Å²) >= 11 is 0. The second-order valence-electron chi connectivity index (χ2n) is 6.62. The van der Waals surface area contributed by atoms with Gasteiger partial charge in [-0.1, -0.05) is 6.42 Å². The Hall–Kier alpha value is -1.32. The molecule has 4 heteroatoms. The van der Waals surface area contributed by atoms with Gasteiger partial charge in [0, 0.05) is 18.7 Å². The van der Waals surface area contributed by atoms with Crippen molar-refractivity contribution < 1.29 is 0 Å². The highest BCUT2D eigenvalue weighted by Crippen LogP contribution is 2.48. The van der Waals surface area contributed by atoms with Gasteiger partial charge in [0.1, 0.15) is 0 Å². The predicted molar refractivity (Wildman–Crippen MR) is 74.1 cm³/mol. The van der Waals surface area contributed by atoms with Crippen LogP contribution in [0, 0.1) is 17.8 Å². The van der Waals surface area contributed by atoms with Crippen LogP contribution in [0.25, 0.3) is 0 Å². The molecule has 3 atom stereocenters. The summed E-state index contributed by atoms with van der Waals surface area (Å²) in [6.45, 7) is 0.823. The normalized spacial score (nSPS) is 32.7. The molecule has 3 saturated carbocycles. The van der Waals surface area contributed by atoms with Crippen molar-refractivity contribution >= 4 is 5.69 Å². The first-order valence-electron chi connectivity index (χ1n) is 7.61. The van der Waals surface area contributed by atoms with Crippen LogP contribution < -0.4 is 10.9 Å². The van der Waals surface area contributed by atoms with Crippen molar-refractivity contribution in [3.63, 3.8) is 0 Å². The van der Waals surface area contributed by atoms with E-state index in [9.17, 15) is 4.79 Å². The molecule has 102 valence electrons. The van der Waals surface area contributed by atoms with Crippen molar-refractivity contribution in [2.24, 2.45) is 17.8 Å². The Balaban J connectivity index is 1.47. The van der Waals surface area contributed by atoms with Gasteiger partial charge in [0.2, 0.25) is 0 Å². The lowest BCUT2D eigenvalue weighted by molar-refractivity contribution is 0.280. The molecular weight excluding hydrogens is 238 g/mol. The molecule has 3 aliphatic carbocycles. The van der Waals surface area contributed by atoms with E-state index in [1.54, 1.807) is 10.7 Å². The van der Waals surface area contributed by atoms with Crippen molar-refractivity contribution in [1.29, 1.82) is 0 Å². The smallest absolute Gasteiger partial charge is 0.268 e. The SMILES string of the molecule is O=c1cc(NC2CC2)cnn1CC1CC2CCC1C2. The number of hydrogen-bond acceptors (Lipinski definition) is 3. The van der Waals surface area contributed by atoms with Gasteiger partial charge in [0.25, 0.3) is 5.56 Å². The lowest BCUT2D eigenvalue weighted by Crippen LogP contribution is -2.28. The molecule has 3 unspecified atom stereocenters. The standard InChI is InChI=1S/C15H21N3O/c19-15-7-14(17-13-3-4-13)8-16-18(15)9-12-6-10-1-2-11(12)5-10/h7-8,10-13,17H,1-6,9H2. The quantitative estimate of drug-likeness (QED) is 0.902. The second kappa shape index (κ2) is 4.36. The molecule has 0 radical (unpaired) electrons. The van der Waals surface area contributed by atoms with Crippen LogP contribution in [0.15, 0.2) is 17.1 Å². The highest BCUT2D eigenvalue weighted by molar-refractivity contribution is 5.41. The average Bonchev–Trinajstić information content (AvgIpc) is 2.97. The largest absolute Gasteiger partial charge is 0.381 e. The fraction of sp³-hybridized carbons (Fsp3) is 0.733. The van der Waals surface area contributed by atoms with E-state index in [1.807, 2.05) is 6.20 Å². The Labute approximate surface area is 113 Å². The van der Waals surface area contributed by atoms with Crippen LogP contribution in [0.3, 0.4) is 0 Å². The molecule has 1 N–H and O–H groups in total. The van der Waals surface area contributed by atoms with Crippen LogP contribution in [0.5, 0.6) is 0 Å². The third-order valence-corrected chi connectivity index (χ3v) is 5.11. The number of nitrogens with one attached hydrogen (secondary N) is 1. The number of fused-ring (bicyclic) bond motifs is 2. The molecule has 0 aromatic carbocycles. The van der Waals surface area contributed by atoms with E-state index >= 15 is 0 Å². The van der Waals surface area contributed by atoms with E-state index in [0.29, 0.717) is 12.0 Å². The van der Waals surface area contributed by atoms with Crippen molar-refractivity contribution in [3.05, 3.63) is 22.6 Å².